The van der Waals surface area contributed by atoms with E-state index >= 15 is 0 Å². The molecule has 0 spiro atoms. The van der Waals surface area contributed by atoms with Crippen molar-refractivity contribution in [1.29, 1.82) is 0 Å². The van der Waals surface area contributed by atoms with E-state index in [-0.39, 0.29) is 18.0 Å². The summed E-state index contributed by atoms with van der Waals surface area (Å²) < 4.78 is 1.25. The molecule has 7 heteroatoms. The van der Waals surface area contributed by atoms with Crippen molar-refractivity contribution >= 4 is 34.6 Å². The normalized spacial score (nSPS) is 12.2. The maximum absolute atomic E-state index is 12.8. The third-order valence-corrected chi connectivity index (χ3v) is 4.62. The van der Waals surface area contributed by atoms with Gasteiger partial charge >= 0.3 is 0 Å². The first-order valence-corrected chi connectivity index (χ1v) is 8.40. The lowest BCUT2D eigenvalue weighted by Gasteiger charge is -2.22. The molecule has 3 aromatic rings. The van der Waals surface area contributed by atoms with Gasteiger partial charge in [0.05, 0.1) is 12.1 Å². The fourth-order valence-electron chi connectivity index (χ4n) is 2.96. The molecule has 0 amide bonds. The summed E-state index contributed by atoms with van der Waals surface area (Å²) in [6.45, 7) is 0.230. The smallest absolute Gasteiger partial charge is 0.272 e. The predicted molar refractivity (Wildman–Crippen MR) is 98.3 cm³/mol. The zero-order chi connectivity index (χ0) is 17.6. The topological polar surface area (TPSA) is 67.1 Å². The molecule has 0 radical (unpaired) electrons. The number of hydrogen-bond donors (Lipinski definition) is 2. The van der Waals surface area contributed by atoms with Crippen molar-refractivity contribution in [3.8, 4) is 5.88 Å². The van der Waals surface area contributed by atoms with Gasteiger partial charge in [0.1, 0.15) is 5.69 Å². The average Bonchev–Trinajstić information content (AvgIpc) is 2.58. The fourth-order valence-corrected chi connectivity index (χ4v) is 3.35. The van der Waals surface area contributed by atoms with E-state index in [4.69, 9.17) is 23.2 Å². The number of rotatable bonds is 2. The van der Waals surface area contributed by atoms with Crippen molar-refractivity contribution in [3.05, 3.63) is 79.6 Å². The SMILES string of the molecule is O=c1c2c(c(O)nn1Cc1cccc(Cl)c1)Nc1cc(Cl)ccc1C2. The van der Waals surface area contributed by atoms with E-state index in [1.54, 1.807) is 24.3 Å². The highest BCUT2D eigenvalue weighted by Gasteiger charge is 2.23. The molecule has 126 valence electrons. The van der Waals surface area contributed by atoms with E-state index in [2.05, 4.69) is 10.4 Å². The molecule has 0 bridgehead atoms. The van der Waals surface area contributed by atoms with Crippen LogP contribution in [0.3, 0.4) is 0 Å². The van der Waals surface area contributed by atoms with Crippen LogP contribution in [0.15, 0.2) is 47.3 Å². The summed E-state index contributed by atoms with van der Waals surface area (Å²) in [5, 5.41) is 18.5. The van der Waals surface area contributed by atoms with E-state index in [1.165, 1.54) is 4.68 Å². The Bertz CT molecular complexity index is 1050. The number of aromatic nitrogens is 2. The Labute approximate surface area is 153 Å². The first kappa shape index (κ1) is 16.0. The van der Waals surface area contributed by atoms with Crippen molar-refractivity contribution in [2.45, 2.75) is 13.0 Å². The van der Waals surface area contributed by atoms with Gasteiger partial charge < -0.3 is 10.4 Å². The van der Waals surface area contributed by atoms with Crippen molar-refractivity contribution in [3.63, 3.8) is 0 Å². The van der Waals surface area contributed by atoms with Gasteiger partial charge in [-0.2, -0.15) is 0 Å². The molecule has 2 aromatic carbocycles. The molecular formula is C18H13Cl2N3O2. The number of nitrogens with zero attached hydrogens (tertiary/aromatic N) is 2. The van der Waals surface area contributed by atoms with Gasteiger partial charge in [-0.05, 0) is 35.4 Å². The average molecular weight is 374 g/mol. The molecule has 25 heavy (non-hydrogen) atoms. The third kappa shape index (κ3) is 2.97. The Kier molecular flexibility index (Phi) is 3.90. The summed E-state index contributed by atoms with van der Waals surface area (Å²) in [4.78, 5) is 12.8. The fraction of sp³-hybridized carbons (Fsp3) is 0.111. The number of nitrogens with one attached hydrogen (secondary N) is 1. The summed E-state index contributed by atoms with van der Waals surface area (Å²) in [6.07, 6.45) is 0.402. The summed E-state index contributed by atoms with van der Waals surface area (Å²) in [5.41, 5.74) is 3.10. The minimum Gasteiger partial charge on any atom is -0.491 e. The van der Waals surface area contributed by atoms with Gasteiger partial charge in [0.2, 0.25) is 0 Å². The summed E-state index contributed by atoms with van der Waals surface area (Å²) >= 11 is 12.0. The molecule has 0 saturated heterocycles. The quantitative estimate of drug-likeness (QED) is 0.558. The highest BCUT2D eigenvalue weighted by atomic mass is 35.5. The van der Waals surface area contributed by atoms with Crippen molar-refractivity contribution in [2.24, 2.45) is 0 Å². The summed E-state index contributed by atoms with van der Waals surface area (Å²) in [5.74, 6) is -0.220. The lowest BCUT2D eigenvalue weighted by Crippen LogP contribution is -2.29. The van der Waals surface area contributed by atoms with Crippen LogP contribution in [0.1, 0.15) is 16.7 Å². The minimum atomic E-state index is -0.249. The maximum Gasteiger partial charge on any atom is 0.272 e. The van der Waals surface area contributed by atoms with E-state index in [1.807, 2.05) is 18.2 Å². The lowest BCUT2D eigenvalue weighted by molar-refractivity contribution is 0.425. The largest absolute Gasteiger partial charge is 0.491 e. The van der Waals surface area contributed by atoms with Crippen molar-refractivity contribution in [2.75, 3.05) is 5.32 Å². The van der Waals surface area contributed by atoms with E-state index in [0.29, 0.717) is 27.7 Å². The number of aromatic hydroxyl groups is 1. The molecule has 2 heterocycles. The standard InChI is InChI=1S/C18H13Cl2N3O2/c19-12-3-1-2-10(6-12)9-23-18(25)14-7-11-4-5-13(20)8-15(11)21-16(14)17(24)22-23/h1-6,8,21H,7,9H2,(H,22,24). The number of benzene rings is 2. The summed E-state index contributed by atoms with van der Waals surface area (Å²) in [7, 11) is 0. The molecule has 0 unspecified atom stereocenters. The van der Waals surface area contributed by atoms with Gasteiger partial charge in [0.15, 0.2) is 0 Å². The molecule has 0 atom stereocenters. The number of fused-ring (bicyclic) bond motifs is 2. The molecule has 2 N–H and O–H groups in total. The zero-order valence-electron chi connectivity index (χ0n) is 13.0. The Morgan fingerprint density at radius 1 is 1.16 bits per heavy atom. The molecule has 0 saturated carbocycles. The number of halogens is 2. The van der Waals surface area contributed by atoms with E-state index in [0.717, 1.165) is 16.8 Å². The highest BCUT2D eigenvalue weighted by molar-refractivity contribution is 6.31. The van der Waals surface area contributed by atoms with Crippen LogP contribution in [-0.4, -0.2) is 14.9 Å². The number of hydrogen-bond acceptors (Lipinski definition) is 4. The van der Waals surface area contributed by atoms with Crippen molar-refractivity contribution in [1.82, 2.24) is 9.78 Å². The van der Waals surface area contributed by atoms with Gasteiger partial charge in [-0.15, -0.1) is 5.10 Å². The monoisotopic (exact) mass is 373 g/mol. The molecule has 0 fully saturated rings. The second-order valence-electron chi connectivity index (χ2n) is 5.87. The van der Waals surface area contributed by atoms with E-state index < -0.39 is 0 Å². The van der Waals surface area contributed by atoms with Gasteiger partial charge in [-0.25, -0.2) is 4.68 Å². The first-order valence-electron chi connectivity index (χ1n) is 7.64. The second-order valence-corrected chi connectivity index (χ2v) is 6.75. The van der Waals surface area contributed by atoms with Gasteiger partial charge in [-0.3, -0.25) is 4.79 Å². The third-order valence-electron chi connectivity index (χ3n) is 4.15. The Balaban J connectivity index is 1.77. The minimum absolute atomic E-state index is 0.220. The first-order chi connectivity index (χ1) is 12.0. The summed E-state index contributed by atoms with van der Waals surface area (Å²) in [6, 6.07) is 12.6. The van der Waals surface area contributed by atoms with Gasteiger partial charge in [0.25, 0.3) is 11.4 Å². The molecule has 4 rings (SSSR count). The van der Waals surface area contributed by atoms with Crippen LogP contribution >= 0.6 is 23.2 Å². The lowest BCUT2D eigenvalue weighted by atomic mass is 9.99. The maximum atomic E-state index is 12.8. The van der Waals surface area contributed by atoms with Crippen LogP contribution in [0.25, 0.3) is 0 Å². The Morgan fingerprint density at radius 2 is 1.96 bits per heavy atom. The second kappa shape index (κ2) is 6.10. The number of anilines is 2. The van der Waals surface area contributed by atoms with Gasteiger partial charge in [0, 0.05) is 22.2 Å². The van der Waals surface area contributed by atoms with Crippen molar-refractivity contribution < 1.29 is 5.11 Å². The molecule has 5 nitrogen and oxygen atoms in total. The molecule has 1 aromatic heterocycles. The molecule has 0 aliphatic carbocycles. The van der Waals surface area contributed by atoms with Gasteiger partial charge in [-0.1, -0.05) is 41.4 Å². The molecule has 1 aliphatic heterocycles. The van der Waals surface area contributed by atoms with Crippen LogP contribution in [0, 0.1) is 0 Å². The van der Waals surface area contributed by atoms with Crippen LogP contribution in [0.4, 0.5) is 11.4 Å². The Morgan fingerprint density at radius 3 is 2.76 bits per heavy atom. The van der Waals surface area contributed by atoms with E-state index in [9.17, 15) is 9.90 Å². The van der Waals surface area contributed by atoms with Crippen LogP contribution < -0.4 is 10.9 Å². The van der Waals surface area contributed by atoms with Crippen LogP contribution in [-0.2, 0) is 13.0 Å². The Hall–Kier alpha value is -2.50. The van der Waals surface area contributed by atoms with Crippen LogP contribution in [0.5, 0.6) is 5.88 Å². The molecular weight excluding hydrogens is 361 g/mol. The zero-order valence-corrected chi connectivity index (χ0v) is 14.5. The van der Waals surface area contributed by atoms with Crippen LogP contribution in [0.2, 0.25) is 10.0 Å². The highest BCUT2D eigenvalue weighted by Crippen LogP contribution is 2.36. The molecule has 1 aliphatic rings. The predicted octanol–water partition coefficient (Wildman–Crippen LogP) is 3.95.